The zero-order valence-electron chi connectivity index (χ0n) is 9.20. The Kier molecular flexibility index (Phi) is 5.31. The van der Waals surface area contributed by atoms with E-state index in [2.05, 4.69) is 4.74 Å². The molecule has 0 aliphatic rings. The van der Waals surface area contributed by atoms with E-state index in [1.807, 2.05) is 6.07 Å². The lowest BCUT2D eigenvalue weighted by atomic mass is 10.2. The number of nitrogens with zero attached hydrogens (tertiary/aromatic N) is 1. The van der Waals surface area contributed by atoms with Crippen LogP contribution in [0.1, 0.15) is 12.0 Å². The minimum Gasteiger partial charge on any atom is -0.507 e. The van der Waals surface area contributed by atoms with Gasteiger partial charge in [0, 0.05) is 5.75 Å². The maximum Gasteiger partial charge on any atom is 0.522 e. The van der Waals surface area contributed by atoms with Gasteiger partial charge in [0.25, 0.3) is 0 Å². The van der Waals surface area contributed by atoms with Gasteiger partial charge < -0.3 is 5.11 Å². The normalized spacial score (nSPS) is 11.2. The minimum absolute atomic E-state index is 0.0456. The molecular formula is C11H10F3NO2S. The van der Waals surface area contributed by atoms with Gasteiger partial charge in [0.05, 0.1) is 17.1 Å². The van der Waals surface area contributed by atoms with Gasteiger partial charge in [-0.2, -0.15) is 5.26 Å². The number of hydrogen-bond donors (Lipinski definition) is 1. The fraction of sp³-hybridized carbons (Fsp3) is 0.364. The molecule has 0 spiro atoms. The van der Waals surface area contributed by atoms with Crippen LogP contribution in [0.15, 0.2) is 23.1 Å². The Morgan fingerprint density at radius 2 is 2.11 bits per heavy atom. The molecule has 0 aliphatic heterocycles. The molecule has 0 fully saturated rings. The molecule has 0 aliphatic carbocycles. The Balaban J connectivity index is 2.43. The molecule has 0 radical (unpaired) electrons. The summed E-state index contributed by atoms with van der Waals surface area (Å²) in [4.78, 5) is 0.381. The Hall–Kier alpha value is -1.39. The second kappa shape index (κ2) is 6.52. The monoisotopic (exact) mass is 277 g/mol. The summed E-state index contributed by atoms with van der Waals surface area (Å²) in [6.07, 6.45) is -4.44. The van der Waals surface area contributed by atoms with Gasteiger partial charge in [0.1, 0.15) is 11.8 Å². The lowest BCUT2D eigenvalue weighted by Crippen LogP contribution is -2.14. The molecule has 1 rings (SSSR count). The van der Waals surface area contributed by atoms with Gasteiger partial charge in [0.15, 0.2) is 0 Å². The van der Waals surface area contributed by atoms with Crippen molar-refractivity contribution in [1.29, 1.82) is 5.26 Å². The van der Waals surface area contributed by atoms with Crippen LogP contribution in [0.3, 0.4) is 0 Å². The van der Waals surface area contributed by atoms with Gasteiger partial charge in [-0.3, -0.25) is 4.74 Å². The highest BCUT2D eigenvalue weighted by Crippen LogP contribution is 2.31. The molecule has 0 heterocycles. The molecule has 1 aromatic carbocycles. The highest BCUT2D eigenvalue weighted by atomic mass is 32.2. The zero-order valence-corrected chi connectivity index (χ0v) is 10.0. The molecule has 0 bridgehead atoms. The maximum absolute atomic E-state index is 11.7. The molecule has 1 N–H and O–H groups in total. The second-order valence-corrected chi connectivity index (χ2v) is 4.37. The number of halogens is 3. The quantitative estimate of drug-likeness (QED) is 0.663. The molecule has 7 heteroatoms. The molecule has 18 heavy (non-hydrogen) atoms. The first-order chi connectivity index (χ1) is 8.44. The van der Waals surface area contributed by atoms with E-state index in [-0.39, 0.29) is 12.2 Å². The molecule has 0 aromatic heterocycles. The van der Waals surface area contributed by atoms with Gasteiger partial charge in [-0.05, 0) is 18.6 Å². The number of alkyl halides is 3. The molecule has 0 saturated heterocycles. The summed E-state index contributed by atoms with van der Waals surface area (Å²) in [5, 5.41) is 18.3. The van der Waals surface area contributed by atoms with Crippen molar-refractivity contribution in [1.82, 2.24) is 0 Å². The standard InChI is InChI=1S/C11H10F3NO2S/c12-11(13,14)17-5-2-6-18-10-8(7-15)3-1-4-9(10)16/h1,3-4,16H,2,5-6H2. The largest absolute Gasteiger partial charge is 0.522 e. The fourth-order valence-corrected chi connectivity index (χ4v) is 2.14. The number of hydrogen-bond acceptors (Lipinski definition) is 4. The third-order valence-corrected chi connectivity index (χ3v) is 3.13. The smallest absolute Gasteiger partial charge is 0.507 e. The van der Waals surface area contributed by atoms with Crippen molar-refractivity contribution < 1.29 is 23.0 Å². The molecule has 0 saturated carbocycles. The number of benzene rings is 1. The summed E-state index contributed by atoms with van der Waals surface area (Å²) >= 11 is 1.13. The van der Waals surface area contributed by atoms with Crippen LogP contribution >= 0.6 is 11.8 Å². The van der Waals surface area contributed by atoms with E-state index in [9.17, 15) is 18.3 Å². The molecule has 3 nitrogen and oxygen atoms in total. The summed E-state index contributed by atoms with van der Waals surface area (Å²) in [6.45, 7) is -0.439. The molecule has 1 aromatic rings. The molecule has 0 atom stereocenters. The van der Waals surface area contributed by atoms with Crippen molar-refractivity contribution in [2.45, 2.75) is 17.7 Å². The van der Waals surface area contributed by atoms with Gasteiger partial charge >= 0.3 is 6.36 Å². The van der Waals surface area contributed by atoms with Crippen molar-refractivity contribution in [3.8, 4) is 11.8 Å². The summed E-state index contributed by atoms with van der Waals surface area (Å²) in [5.41, 5.74) is 0.303. The average Bonchev–Trinajstić information content (AvgIpc) is 2.29. The SMILES string of the molecule is N#Cc1cccc(O)c1SCCCOC(F)(F)F. The van der Waals surface area contributed by atoms with E-state index in [1.165, 1.54) is 18.2 Å². The summed E-state index contributed by atoms with van der Waals surface area (Å²) < 4.78 is 38.6. The zero-order chi connectivity index (χ0) is 13.6. The lowest BCUT2D eigenvalue weighted by Gasteiger charge is -2.08. The van der Waals surface area contributed by atoms with E-state index in [4.69, 9.17) is 5.26 Å². The van der Waals surface area contributed by atoms with Crippen molar-refractivity contribution in [3.63, 3.8) is 0 Å². The first kappa shape index (κ1) is 14.7. The van der Waals surface area contributed by atoms with E-state index in [0.717, 1.165) is 11.8 Å². The summed E-state index contributed by atoms with van der Waals surface area (Å²) in [6, 6.07) is 6.40. The predicted octanol–water partition coefficient (Wildman–Crippen LogP) is 3.28. The summed E-state index contributed by atoms with van der Waals surface area (Å²) in [5.74, 6) is 0.276. The van der Waals surface area contributed by atoms with Crippen LogP contribution in [0.25, 0.3) is 0 Å². The highest BCUT2D eigenvalue weighted by Gasteiger charge is 2.28. The van der Waals surface area contributed by atoms with Crippen LogP contribution in [0, 0.1) is 11.3 Å². The van der Waals surface area contributed by atoms with Gasteiger partial charge in [-0.1, -0.05) is 6.07 Å². The number of ether oxygens (including phenoxy) is 1. The first-order valence-corrected chi connectivity index (χ1v) is 5.98. The van der Waals surface area contributed by atoms with Crippen LogP contribution in [0.4, 0.5) is 13.2 Å². The Morgan fingerprint density at radius 3 is 2.72 bits per heavy atom. The predicted molar refractivity (Wildman–Crippen MR) is 60.2 cm³/mol. The van der Waals surface area contributed by atoms with Crippen LogP contribution < -0.4 is 0 Å². The van der Waals surface area contributed by atoms with E-state index >= 15 is 0 Å². The molecule has 0 amide bonds. The van der Waals surface area contributed by atoms with E-state index < -0.39 is 13.0 Å². The number of rotatable bonds is 5. The first-order valence-electron chi connectivity index (χ1n) is 4.99. The van der Waals surface area contributed by atoms with Crippen molar-refractivity contribution in [2.24, 2.45) is 0 Å². The maximum atomic E-state index is 11.7. The number of phenolic OH excluding ortho intramolecular Hbond substituents is 1. The number of aromatic hydroxyl groups is 1. The Morgan fingerprint density at radius 1 is 1.39 bits per heavy atom. The topological polar surface area (TPSA) is 53.2 Å². The second-order valence-electron chi connectivity index (χ2n) is 3.26. The van der Waals surface area contributed by atoms with Crippen molar-refractivity contribution in [3.05, 3.63) is 23.8 Å². The minimum atomic E-state index is -4.61. The third kappa shape index (κ3) is 4.85. The average molecular weight is 277 g/mol. The lowest BCUT2D eigenvalue weighted by molar-refractivity contribution is -0.324. The number of nitriles is 1. The number of phenols is 1. The molecule has 98 valence electrons. The fourth-order valence-electron chi connectivity index (χ4n) is 1.19. The molecule has 0 unspecified atom stereocenters. The van der Waals surface area contributed by atoms with Crippen LogP contribution in [0.5, 0.6) is 5.75 Å². The van der Waals surface area contributed by atoms with Gasteiger partial charge in [-0.25, -0.2) is 0 Å². The van der Waals surface area contributed by atoms with Crippen molar-refractivity contribution in [2.75, 3.05) is 12.4 Å². The highest BCUT2D eigenvalue weighted by molar-refractivity contribution is 7.99. The van der Waals surface area contributed by atoms with Crippen LogP contribution in [0.2, 0.25) is 0 Å². The Labute approximate surface area is 106 Å². The van der Waals surface area contributed by atoms with Crippen LogP contribution in [-0.2, 0) is 4.74 Å². The number of thioether (sulfide) groups is 1. The van der Waals surface area contributed by atoms with E-state index in [1.54, 1.807) is 0 Å². The Bertz CT molecular complexity index is 443. The third-order valence-electron chi connectivity index (χ3n) is 1.92. The van der Waals surface area contributed by atoms with E-state index in [0.29, 0.717) is 16.2 Å². The van der Waals surface area contributed by atoms with Gasteiger partial charge in [-0.15, -0.1) is 24.9 Å². The van der Waals surface area contributed by atoms with Crippen molar-refractivity contribution >= 4 is 11.8 Å². The van der Waals surface area contributed by atoms with Crippen LogP contribution in [-0.4, -0.2) is 23.8 Å². The molecular weight excluding hydrogens is 267 g/mol. The summed E-state index contributed by atoms with van der Waals surface area (Å²) in [7, 11) is 0. The van der Waals surface area contributed by atoms with Gasteiger partial charge in [0.2, 0.25) is 0 Å².